The molecule has 2 aromatic heterocycles. The van der Waals surface area contributed by atoms with E-state index in [1.165, 1.54) is 4.57 Å². The predicted octanol–water partition coefficient (Wildman–Crippen LogP) is -1.27. The summed E-state index contributed by atoms with van der Waals surface area (Å²) in [5.41, 5.74) is -1.30. The van der Waals surface area contributed by atoms with Gasteiger partial charge in [0.1, 0.15) is 5.65 Å². The topological polar surface area (TPSA) is 104 Å². The molecule has 0 atom stereocenters. The molecule has 0 amide bonds. The predicted molar refractivity (Wildman–Crippen MR) is 49.5 cm³/mol. The van der Waals surface area contributed by atoms with Gasteiger partial charge in [-0.25, -0.2) is 9.59 Å². The molecule has 0 saturated heterocycles. The average Bonchev–Trinajstić information content (AvgIpc) is 2.41. The zero-order valence-electron chi connectivity index (χ0n) is 7.38. The molecular formula is C7H8N4O3. The van der Waals surface area contributed by atoms with Crippen molar-refractivity contribution >= 4 is 11.2 Å². The standard InChI is InChI=1S/C7H8N4O3/c1-2-11-4-3(8-7(11)14)5(12)10-6(13)9-4/h2H2,1H3,(H,8,14)(H2,9,10,12,13). The van der Waals surface area contributed by atoms with Crippen molar-refractivity contribution in [3.05, 3.63) is 31.3 Å². The number of fused-ring (bicyclic) bond motifs is 1. The third-order valence-electron chi connectivity index (χ3n) is 1.99. The Labute approximate surface area is 76.4 Å². The fourth-order valence-corrected chi connectivity index (χ4v) is 1.37. The highest BCUT2D eigenvalue weighted by molar-refractivity contribution is 5.68. The Hall–Kier alpha value is -2.05. The Morgan fingerprint density at radius 1 is 1.14 bits per heavy atom. The molecule has 74 valence electrons. The first-order chi connectivity index (χ1) is 6.63. The van der Waals surface area contributed by atoms with Gasteiger partial charge in [-0.1, -0.05) is 0 Å². The Morgan fingerprint density at radius 3 is 2.50 bits per heavy atom. The molecule has 0 aliphatic rings. The lowest BCUT2D eigenvalue weighted by Gasteiger charge is -1.94. The number of hydrogen-bond donors (Lipinski definition) is 3. The Kier molecular flexibility index (Phi) is 1.66. The van der Waals surface area contributed by atoms with E-state index < -0.39 is 16.9 Å². The van der Waals surface area contributed by atoms with Crippen LogP contribution in [0.5, 0.6) is 0 Å². The minimum Gasteiger partial charge on any atom is -0.300 e. The molecule has 7 heteroatoms. The molecule has 0 saturated carbocycles. The van der Waals surface area contributed by atoms with E-state index in [1.807, 2.05) is 4.98 Å². The van der Waals surface area contributed by atoms with Crippen LogP contribution in [0.4, 0.5) is 0 Å². The third-order valence-corrected chi connectivity index (χ3v) is 1.99. The molecule has 7 nitrogen and oxygen atoms in total. The summed E-state index contributed by atoms with van der Waals surface area (Å²) >= 11 is 0. The molecule has 2 rings (SSSR count). The van der Waals surface area contributed by atoms with Crippen molar-refractivity contribution in [2.45, 2.75) is 13.5 Å². The average molecular weight is 196 g/mol. The van der Waals surface area contributed by atoms with Gasteiger partial charge in [-0.05, 0) is 6.92 Å². The van der Waals surface area contributed by atoms with E-state index >= 15 is 0 Å². The Balaban J connectivity index is 3.10. The minimum atomic E-state index is -0.622. The van der Waals surface area contributed by atoms with Gasteiger partial charge in [0, 0.05) is 6.54 Å². The van der Waals surface area contributed by atoms with E-state index in [2.05, 4.69) is 9.97 Å². The Bertz CT molecular complexity index is 641. The van der Waals surface area contributed by atoms with Gasteiger partial charge < -0.3 is 0 Å². The van der Waals surface area contributed by atoms with Gasteiger partial charge in [-0.2, -0.15) is 0 Å². The van der Waals surface area contributed by atoms with E-state index in [9.17, 15) is 14.4 Å². The van der Waals surface area contributed by atoms with Gasteiger partial charge in [-0.15, -0.1) is 0 Å². The fourth-order valence-electron chi connectivity index (χ4n) is 1.37. The smallest absolute Gasteiger partial charge is 0.300 e. The Morgan fingerprint density at radius 2 is 1.86 bits per heavy atom. The quantitative estimate of drug-likeness (QED) is 0.529. The van der Waals surface area contributed by atoms with Crippen molar-refractivity contribution in [1.29, 1.82) is 0 Å². The van der Waals surface area contributed by atoms with Gasteiger partial charge in [0.25, 0.3) is 5.56 Å². The highest BCUT2D eigenvalue weighted by atomic mass is 16.2. The van der Waals surface area contributed by atoms with Crippen LogP contribution >= 0.6 is 0 Å². The number of imidazole rings is 1. The summed E-state index contributed by atoms with van der Waals surface area (Å²) in [5.74, 6) is 0. The molecule has 0 aliphatic carbocycles. The van der Waals surface area contributed by atoms with Crippen LogP contribution in [0.3, 0.4) is 0 Å². The van der Waals surface area contributed by atoms with Crippen molar-refractivity contribution in [1.82, 2.24) is 19.5 Å². The maximum absolute atomic E-state index is 11.3. The zero-order valence-corrected chi connectivity index (χ0v) is 7.38. The molecule has 0 aromatic carbocycles. The SMILES string of the molecule is CCn1c(=O)[nH]c2c(=O)[nH]c(=O)[nH]c21. The van der Waals surface area contributed by atoms with Crippen molar-refractivity contribution in [3.63, 3.8) is 0 Å². The van der Waals surface area contributed by atoms with Crippen LogP contribution in [0.2, 0.25) is 0 Å². The lowest BCUT2D eigenvalue weighted by Crippen LogP contribution is -2.22. The largest absolute Gasteiger partial charge is 0.327 e. The monoisotopic (exact) mass is 196 g/mol. The van der Waals surface area contributed by atoms with Crippen molar-refractivity contribution < 1.29 is 0 Å². The molecule has 0 aliphatic heterocycles. The molecule has 0 spiro atoms. The van der Waals surface area contributed by atoms with Gasteiger partial charge in [0.2, 0.25) is 0 Å². The van der Waals surface area contributed by atoms with E-state index in [0.717, 1.165) is 0 Å². The number of H-pyrrole nitrogens is 3. The second kappa shape index (κ2) is 2.72. The molecule has 2 aromatic rings. The first-order valence-corrected chi connectivity index (χ1v) is 4.08. The maximum atomic E-state index is 11.3. The number of aromatic nitrogens is 4. The normalized spacial score (nSPS) is 10.9. The van der Waals surface area contributed by atoms with Gasteiger partial charge >= 0.3 is 11.4 Å². The highest BCUT2D eigenvalue weighted by Gasteiger charge is 2.08. The van der Waals surface area contributed by atoms with Crippen molar-refractivity contribution in [2.24, 2.45) is 0 Å². The van der Waals surface area contributed by atoms with Crippen molar-refractivity contribution in [3.8, 4) is 0 Å². The zero-order chi connectivity index (χ0) is 10.3. The first kappa shape index (κ1) is 8.54. The minimum absolute atomic E-state index is 0.0939. The summed E-state index contributed by atoms with van der Waals surface area (Å²) in [6.45, 7) is 2.13. The second-order valence-electron chi connectivity index (χ2n) is 2.81. The fraction of sp³-hybridized carbons (Fsp3) is 0.286. The van der Waals surface area contributed by atoms with Crippen LogP contribution in [0.15, 0.2) is 14.4 Å². The number of nitrogens with one attached hydrogen (secondary N) is 3. The third kappa shape index (κ3) is 1.02. The van der Waals surface area contributed by atoms with Crippen LogP contribution in [0, 0.1) is 0 Å². The summed E-state index contributed by atoms with van der Waals surface area (Å²) in [7, 11) is 0. The van der Waals surface area contributed by atoms with Crippen LogP contribution in [-0.4, -0.2) is 19.5 Å². The summed E-state index contributed by atoms with van der Waals surface area (Å²) in [6.07, 6.45) is 0. The molecule has 0 radical (unpaired) electrons. The summed E-state index contributed by atoms with van der Waals surface area (Å²) in [4.78, 5) is 40.2. The summed E-state index contributed by atoms with van der Waals surface area (Å²) in [5, 5.41) is 0. The molecule has 3 N–H and O–H groups in total. The first-order valence-electron chi connectivity index (χ1n) is 4.08. The number of hydrogen-bond acceptors (Lipinski definition) is 3. The van der Waals surface area contributed by atoms with E-state index in [0.29, 0.717) is 6.54 Å². The molecular weight excluding hydrogens is 188 g/mol. The van der Waals surface area contributed by atoms with Crippen LogP contribution < -0.4 is 16.9 Å². The van der Waals surface area contributed by atoms with Crippen LogP contribution in [0.1, 0.15) is 6.92 Å². The molecule has 0 fully saturated rings. The van der Waals surface area contributed by atoms with E-state index in [4.69, 9.17) is 0 Å². The lowest BCUT2D eigenvalue weighted by molar-refractivity contribution is 0.743. The number of rotatable bonds is 1. The van der Waals surface area contributed by atoms with Crippen LogP contribution in [-0.2, 0) is 6.54 Å². The second-order valence-corrected chi connectivity index (χ2v) is 2.81. The summed E-state index contributed by atoms with van der Waals surface area (Å²) < 4.78 is 1.28. The van der Waals surface area contributed by atoms with Crippen LogP contribution in [0.25, 0.3) is 11.2 Å². The summed E-state index contributed by atoms with van der Waals surface area (Å²) in [6, 6.07) is 0. The number of nitrogens with zero attached hydrogens (tertiary/aromatic N) is 1. The van der Waals surface area contributed by atoms with E-state index in [1.54, 1.807) is 6.92 Å². The van der Waals surface area contributed by atoms with E-state index in [-0.39, 0.29) is 11.2 Å². The van der Waals surface area contributed by atoms with Crippen molar-refractivity contribution in [2.75, 3.05) is 0 Å². The molecule has 0 unspecified atom stereocenters. The molecule has 0 bridgehead atoms. The maximum Gasteiger partial charge on any atom is 0.327 e. The molecule has 2 heterocycles. The van der Waals surface area contributed by atoms with Gasteiger partial charge in [0.15, 0.2) is 5.52 Å². The van der Waals surface area contributed by atoms with Gasteiger partial charge in [0.05, 0.1) is 0 Å². The number of aromatic amines is 3. The lowest BCUT2D eigenvalue weighted by atomic mass is 10.5. The molecule has 14 heavy (non-hydrogen) atoms. The highest BCUT2D eigenvalue weighted by Crippen LogP contribution is 1.96. The number of aryl methyl sites for hydroxylation is 1. The van der Waals surface area contributed by atoms with Gasteiger partial charge in [-0.3, -0.25) is 24.3 Å².